The summed E-state index contributed by atoms with van der Waals surface area (Å²) in [7, 11) is 4.03. The van der Waals surface area contributed by atoms with Crippen molar-refractivity contribution in [3.8, 4) is 0 Å². The van der Waals surface area contributed by atoms with E-state index in [1.165, 1.54) is 23.0 Å². The van der Waals surface area contributed by atoms with Gasteiger partial charge in [0.25, 0.3) is 5.91 Å². The minimum atomic E-state index is -0.622. The standard InChI is InChI=1S/C27H37FN10O2/c1-37(2)13-3-11-30-27(40)34-19-8-6-18(7-9-19)33-24-14-22(32-17-4-5-17)25-31-16-23(38(25)36-24)26(39)35-21-10-12-29-15-20(21)28/h10,12,14-19,32H,3-9,11,13H2,1-2H3,(H,33,36)(H,29,35,39)(H2,30,34,40). The molecule has 0 unspecified atom stereocenters. The van der Waals surface area contributed by atoms with Gasteiger partial charge in [-0.15, -0.1) is 5.10 Å². The van der Waals surface area contributed by atoms with Crippen LogP contribution >= 0.6 is 0 Å². The second-order valence-electron chi connectivity index (χ2n) is 10.8. The summed E-state index contributed by atoms with van der Waals surface area (Å²) >= 11 is 0. The third-order valence-corrected chi connectivity index (χ3v) is 7.14. The number of carbonyl (C=O) groups is 2. The van der Waals surface area contributed by atoms with E-state index in [4.69, 9.17) is 0 Å². The van der Waals surface area contributed by atoms with Crippen molar-refractivity contribution < 1.29 is 14.0 Å². The van der Waals surface area contributed by atoms with Crippen LogP contribution in [0.2, 0.25) is 0 Å². The number of amides is 3. The largest absolute Gasteiger partial charge is 0.379 e. The fourth-order valence-corrected chi connectivity index (χ4v) is 4.84. The van der Waals surface area contributed by atoms with Crippen molar-refractivity contribution in [1.82, 2.24) is 35.1 Å². The van der Waals surface area contributed by atoms with E-state index < -0.39 is 11.7 Å². The zero-order valence-electron chi connectivity index (χ0n) is 22.9. The van der Waals surface area contributed by atoms with E-state index in [1.807, 2.05) is 20.2 Å². The van der Waals surface area contributed by atoms with E-state index >= 15 is 0 Å². The summed E-state index contributed by atoms with van der Waals surface area (Å²) in [4.78, 5) is 35.5. The lowest BCUT2D eigenvalue weighted by Crippen LogP contribution is -2.45. The smallest absolute Gasteiger partial charge is 0.315 e. The van der Waals surface area contributed by atoms with Crippen LogP contribution in [0, 0.1) is 5.82 Å². The SMILES string of the molecule is CN(C)CCCNC(=O)NC1CCC(Nc2cc(NC3CC3)c3ncc(C(=O)Nc4ccncc4F)n3n2)CC1. The first-order chi connectivity index (χ1) is 19.4. The van der Waals surface area contributed by atoms with Gasteiger partial charge in [-0.1, -0.05) is 0 Å². The Balaban J connectivity index is 1.22. The highest BCUT2D eigenvalue weighted by molar-refractivity contribution is 6.03. The van der Waals surface area contributed by atoms with Crippen LogP contribution in [0.4, 0.5) is 26.4 Å². The van der Waals surface area contributed by atoms with Crippen LogP contribution < -0.4 is 26.6 Å². The maximum atomic E-state index is 14.1. The molecule has 2 aliphatic carbocycles. The van der Waals surface area contributed by atoms with E-state index in [-0.39, 0.29) is 29.5 Å². The van der Waals surface area contributed by atoms with Gasteiger partial charge in [0.05, 0.1) is 23.8 Å². The van der Waals surface area contributed by atoms with Crippen molar-refractivity contribution in [1.29, 1.82) is 0 Å². The molecule has 2 fully saturated rings. The van der Waals surface area contributed by atoms with Crippen molar-refractivity contribution in [2.45, 2.75) is 63.1 Å². The first-order valence-electron chi connectivity index (χ1n) is 13.9. The number of anilines is 3. The molecule has 3 aromatic heterocycles. The molecule has 0 bridgehead atoms. The molecule has 3 heterocycles. The van der Waals surface area contributed by atoms with Gasteiger partial charge in [0.2, 0.25) is 0 Å². The minimum Gasteiger partial charge on any atom is -0.379 e. The Morgan fingerprint density at radius 3 is 2.48 bits per heavy atom. The Morgan fingerprint density at radius 2 is 1.75 bits per heavy atom. The Labute approximate surface area is 232 Å². The van der Waals surface area contributed by atoms with E-state index in [0.29, 0.717) is 24.1 Å². The van der Waals surface area contributed by atoms with Gasteiger partial charge in [0.15, 0.2) is 17.2 Å². The number of rotatable bonds is 11. The molecule has 5 N–H and O–H groups in total. The number of pyridine rings is 1. The third kappa shape index (κ3) is 7.14. The van der Waals surface area contributed by atoms with Gasteiger partial charge in [-0.25, -0.2) is 18.7 Å². The molecule has 0 spiro atoms. The predicted octanol–water partition coefficient (Wildman–Crippen LogP) is 3.06. The summed E-state index contributed by atoms with van der Waals surface area (Å²) in [5.41, 5.74) is 1.55. The molecule has 2 saturated carbocycles. The van der Waals surface area contributed by atoms with Crippen LogP contribution in [0.5, 0.6) is 0 Å². The number of hydrogen-bond donors (Lipinski definition) is 5. The van der Waals surface area contributed by atoms with Crippen LogP contribution in [0.1, 0.15) is 55.4 Å². The molecule has 214 valence electrons. The van der Waals surface area contributed by atoms with Gasteiger partial charge < -0.3 is 31.5 Å². The van der Waals surface area contributed by atoms with Gasteiger partial charge in [-0.3, -0.25) is 9.78 Å². The quantitative estimate of drug-likeness (QED) is 0.229. The molecule has 0 radical (unpaired) electrons. The van der Waals surface area contributed by atoms with Crippen LogP contribution in [0.3, 0.4) is 0 Å². The zero-order valence-corrected chi connectivity index (χ0v) is 22.9. The number of fused-ring (bicyclic) bond motifs is 1. The molecule has 0 aromatic carbocycles. The van der Waals surface area contributed by atoms with Gasteiger partial charge >= 0.3 is 6.03 Å². The van der Waals surface area contributed by atoms with Crippen molar-refractivity contribution in [2.24, 2.45) is 0 Å². The first-order valence-corrected chi connectivity index (χ1v) is 13.9. The van der Waals surface area contributed by atoms with Crippen molar-refractivity contribution in [3.63, 3.8) is 0 Å². The number of hydrogen-bond acceptors (Lipinski definition) is 8. The molecular formula is C27H37FN10O2. The van der Waals surface area contributed by atoms with Crippen LogP contribution in [0.15, 0.2) is 30.7 Å². The summed E-state index contributed by atoms with van der Waals surface area (Å²) in [5, 5.41) is 20.3. The molecule has 5 rings (SSSR count). The van der Waals surface area contributed by atoms with E-state index in [0.717, 1.165) is 63.4 Å². The molecule has 3 amide bonds. The molecular weight excluding hydrogens is 515 g/mol. The lowest BCUT2D eigenvalue weighted by atomic mass is 9.91. The van der Waals surface area contributed by atoms with Crippen molar-refractivity contribution in [3.05, 3.63) is 42.2 Å². The number of nitrogens with one attached hydrogen (secondary N) is 5. The molecule has 0 aliphatic heterocycles. The summed E-state index contributed by atoms with van der Waals surface area (Å²) in [6.45, 7) is 1.58. The summed E-state index contributed by atoms with van der Waals surface area (Å²) < 4.78 is 15.6. The summed E-state index contributed by atoms with van der Waals surface area (Å²) in [5.74, 6) is -0.526. The summed E-state index contributed by atoms with van der Waals surface area (Å²) in [6, 6.07) is 3.89. The maximum Gasteiger partial charge on any atom is 0.315 e. The van der Waals surface area contributed by atoms with Gasteiger partial charge in [-0.2, -0.15) is 0 Å². The molecule has 12 nitrogen and oxygen atoms in total. The third-order valence-electron chi connectivity index (χ3n) is 7.14. The van der Waals surface area contributed by atoms with E-state index in [9.17, 15) is 14.0 Å². The lowest BCUT2D eigenvalue weighted by molar-refractivity contribution is 0.102. The minimum absolute atomic E-state index is 0.0353. The molecule has 40 heavy (non-hydrogen) atoms. The fourth-order valence-electron chi connectivity index (χ4n) is 4.84. The lowest BCUT2D eigenvalue weighted by Gasteiger charge is -2.30. The average molecular weight is 553 g/mol. The number of carbonyl (C=O) groups excluding carboxylic acids is 2. The fraction of sp³-hybridized carbons (Fsp3) is 0.519. The second kappa shape index (κ2) is 12.5. The number of halogens is 1. The number of imidazole rings is 1. The molecule has 0 saturated heterocycles. The molecule has 2 aliphatic rings. The van der Waals surface area contributed by atoms with E-state index in [1.54, 1.807) is 0 Å². The topological polar surface area (TPSA) is 141 Å². The number of aromatic nitrogens is 4. The number of nitrogens with zero attached hydrogens (tertiary/aromatic N) is 5. The maximum absolute atomic E-state index is 14.1. The van der Waals surface area contributed by atoms with Crippen molar-refractivity contribution >= 4 is 34.8 Å². The Morgan fingerprint density at radius 1 is 1.02 bits per heavy atom. The van der Waals surface area contributed by atoms with Crippen LogP contribution in [-0.4, -0.2) is 81.7 Å². The zero-order chi connectivity index (χ0) is 28.1. The number of urea groups is 1. The normalized spacial score (nSPS) is 18.9. The summed E-state index contributed by atoms with van der Waals surface area (Å²) in [6.07, 6.45) is 10.4. The van der Waals surface area contributed by atoms with Gasteiger partial charge in [0.1, 0.15) is 5.82 Å². The van der Waals surface area contributed by atoms with Gasteiger partial charge in [0, 0.05) is 36.9 Å². The highest BCUT2D eigenvalue weighted by atomic mass is 19.1. The molecule has 3 aromatic rings. The first kappa shape index (κ1) is 27.6. The Bertz CT molecular complexity index is 1330. The monoisotopic (exact) mass is 552 g/mol. The Kier molecular flexibility index (Phi) is 8.58. The molecule has 0 atom stereocenters. The second-order valence-corrected chi connectivity index (χ2v) is 10.8. The highest BCUT2D eigenvalue weighted by Gasteiger charge is 2.26. The molecule has 13 heteroatoms. The Hall–Kier alpha value is -4.00. The average Bonchev–Trinajstić information content (AvgIpc) is 3.64. The van der Waals surface area contributed by atoms with Crippen LogP contribution in [-0.2, 0) is 0 Å². The van der Waals surface area contributed by atoms with Crippen LogP contribution in [0.25, 0.3) is 5.65 Å². The van der Waals surface area contributed by atoms with E-state index in [2.05, 4.69) is 46.6 Å². The van der Waals surface area contributed by atoms with Gasteiger partial charge in [-0.05, 0) is 71.7 Å². The van der Waals surface area contributed by atoms with Crippen molar-refractivity contribution in [2.75, 3.05) is 43.1 Å². The predicted molar refractivity (Wildman–Crippen MR) is 151 cm³/mol. The highest BCUT2D eigenvalue weighted by Crippen LogP contribution is 2.30.